The number of hydrogen-bond acceptors (Lipinski definition) is 6. The van der Waals surface area contributed by atoms with Gasteiger partial charge in [-0.1, -0.05) is 24.3 Å². The van der Waals surface area contributed by atoms with Crippen molar-refractivity contribution in [3.05, 3.63) is 76.3 Å². The monoisotopic (exact) mass is 434 g/mol. The third-order valence-electron chi connectivity index (χ3n) is 6.14. The van der Waals surface area contributed by atoms with Crippen molar-refractivity contribution >= 4 is 5.91 Å². The van der Waals surface area contributed by atoms with Gasteiger partial charge in [-0.15, -0.1) is 5.10 Å². The molecule has 2 aromatic heterocycles. The molecule has 0 spiro atoms. The van der Waals surface area contributed by atoms with Gasteiger partial charge in [-0.3, -0.25) is 14.5 Å². The van der Waals surface area contributed by atoms with Gasteiger partial charge in [0.1, 0.15) is 6.10 Å². The fraction of sp³-hybridized carbons (Fsp3) is 0.391. The quantitative estimate of drug-likeness (QED) is 0.588. The van der Waals surface area contributed by atoms with E-state index in [-0.39, 0.29) is 11.5 Å². The highest BCUT2D eigenvalue weighted by Crippen LogP contribution is 2.22. The third kappa shape index (κ3) is 4.35. The number of rotatable bonds is 5. The van der Waals surface area contributed by atoms with Crippen LogP contribution in [0.2, 0.25) is 0 Å². The second-order valence-corrected chi connectivity index (χ2v) is 8.14. The fourth-order valence-corrected chi connectivity index (χ4v) is 4.26. The number of piperazine rings is 1. The topological polar surface area (TPSA) is 85.5 Å². The Morgan fingerprint density at radius 3 is 2.59 bits per heavy atom. The van der Waals surface area contributed by atoms with Crippen LogP contribution in [0.5, 0.6) is 0 Å². The molecule has 0 bridgehead atoms. The summed E-state index contributed by atoms with van der Waals surface area (Å²) in [6.07, 6.45) is 3.71. The Morgan fingerprint density at radius 2 is 1.81 bits per heavy atom. The van der Waals surface area contributed by atoms with E-state index in [9.17, 15) is 9.59 Å². The van der Waals surface area contributed by atoms with Crippen LogP contribution in [0.3, 0.4) is 0 Å². The van der Waals surface area contributed by atoms with Crippen LogP contribution < -0.4 is 5.56 Å². The van der Waals surface area contributed by atoms with E-state index < -0.39 is 6.10 Å². The summed E-state index contributed by atoms with van der Waals surface area (Å²) in [5.41, 5.74) is 2.23. The number of carbonyl (C=O) groups is 1. The maximum atomic E-state index is 13.0. The number of aromatic nitrogens is 4. The Balaban J connectivity index is 1.14. The first-order valence-electron chi connectivity index (χ1n) is 10.9. The Kier molecular flexibility index (Phi) is 5.83. The summed E-state index contributed by atoms with van der Waals surface area (Å²) in [7, 11) is 0. The third-order valence-corrected chi connectivity index (χ3v) is 6.14. The van der Waals surface area contributed by atoms with Crippen LogP contribution >= 0.6 is 0 Å². The Morgan fingerprint density at radius 1 is 1.00 bits per heavy atom. The Hall–Kier alpha value is -3.30. The molecular weight excluding hydrogens is 408 g/mol. The highest BCUT2D eigenvalue weighted by Gasteiger charge is 2.31. The normalized spacial score (nSPS) is 19.0. The van der Waals surface area contributed by atoms with E-state index >= 15 is 0 Å². The van der Waals surface area contributed by atoms with E-state index in [0.29, 0.717) is 45.0 Å². The van der Waals surface area contributed by atoms with E-state index in [0.717, 1.165) is 13.1 Å². The zero-order valence-corrected chi connectivity index (χ0v) is 17.8. The van der Waals surface area contributed by atoms with Crippen LogP contribution in [0.15, 0.2) is 59.7 Å². The number of carbonyl (C=O) groups excluding carboxylic acids is 1. The summed E-state index contributed by atoms with van der Waals surface area (Å²) in [6, 6.07) is 13.1. The summed E-state index contributed by atoms with van der Waals surface area (Å²) >= 11 is 0. The summed E-state index contributed by atoms with van der Waals surface area (Å²) in [6.45, 7) is 4.54. The van der Waals surface area contributed by atoms with Crippen LogP contribution in [-0.2, 0) is 29.1 Å². The largest absolute Gasteiger partial charge is 0.363 e. The molecule has 9 nitrogen and oxygen atoms in total. The van der Waals surface area contributed by atoms with Crippen molar-refractivity contribution in [2.24, 2.45) is 0 Å². The van der Waals surface area contributed by atoms with Gasteiger partial charge < -0.3 is 9.64 Å². The molecule has 32 heavy (non-hydrogen) atoms. The molecule has 9 heteroatoms. The maximum absolute atomic E-state index is 13.0. The summed E-state index contributed by atoms with van der Waals surface area (Å²) in [4.78, 5) is 29.3. The number of nitrogens with zero attached hydrogens (tertiary/aromatic N) is 6. The van der Waals surface area contributed by atoms with Gasteiger partial charge in [-0.2, -0.15) is 5.10 Å². The molecule has 1 saturated heterocycles. The zero-order valence-electron chi connectivity index (χ0n) is 17.8. The second kappa shape index (κ2) is 9.05. The van der Waals surface area contributed by atoms with Crippen molar-refractivity contribution in [1.82, 2.24) is 29.4 Å². The molecule has 1 aromatic carbocycles. The lowest BCUT2D eigenvalue weighted by molar-refractivity contribution is -0.147. The van der Waals surface area contributed by atoms with Gasteiger partial charge in [-0.05, 0) is 23.3 Å². The number of ether oxygens (including phenoxy) is 1. The number of fused-ring (bicyclic) bond motifs is 1. The molecule has 2 aliphatic heterocycles. The first kappa shape index (κ1) is 20.6. The standard InChI is InChI=1S/C23H26N6O3/c30-22-7-6-21(28-9-3-8-24-28)25-29(22)15-12-26-10-13-27(14-11-26)23(31)20-16-18-4-1-2-5-19(18)17-32-20/h1-9,20H,10-17H2. The van der Waals surface area contributed by atoms with Gasteiger partial charge in [0.25, 0.3) is 11.5 Å². The Labute approximate surface area is 185 Å². The molecule has 1 amide bonds. The molecule has 0 radical (unpaired) electrons. The van der Waals surface area contributed by atoms with Crippen LogP contribution in [0.1, 0.15) is 11.1 Å². The first-order valence-corrected chi connectivity index (χ1v) is 10.9. The SMILES string of the molecule is O=C(C1Cc2ccccc2CO1)N1CCN(CCn2nc(-n3cccn3)ccc2=O)CC1. The lowest BCUT2D eigenvalue weighted by atomic mass is 9.98. The van der Waals surface area contributed by atoms with Crippen molar-refractivity contribution in [3.63, 3.8) is 0 Å². The molecule has 3 aromatic rings. The van der Waals surface area contributed by atoms with Gasteiger partial charge in [0, 0.05) is 57.6 Å². The molecule has 1 atom stereocenters. The van der Waals surface area contributed by atoms with E-state index in [2.05, 4.69) is 27.2 Å². The molecule has 2 aliphatic rings. The highest BCUT2D eigenvalue weighted by molar-refractivity contribution is 5.81. The van der Waals surface area contributed by atoms with Gasteiger partial charge >= 0.3 is 0 Å². The summed E-state index contributed by atoms with van der Waals surface area (Å²) in [5, 5.41) is 8.58. The molecule has 0 saturated carbocycles. The fourth-order valence-electron chi connectivity index (χ4n) is 4.26. The van der Waals surface area contributed by atoms with Crippen molar-refractivity contribution in [1.29, 1.82) is 0 Å². The minimum Gasteiger partial charge on any atom is -0.363 e. The van der Waals surface area contributed by atoms with Crippen molar-refractivity contribution in [2.45, 2.75) is 25.7 Å². The van der Waals surface area contributed by atoms with E-state index in [1.165, 1.54) is 21.9 Å². The number of hydrogen-bond donors (Lipinski definition) is 0. The minimum absolute atomic E-state index is 0.0731. The lowest BCUT2D eigenvalue weighted by Gasteiger charge is -2.37. The highest BCUT2D eigenvalue weighted by atomic mass is 16.5. The van der Waals surface area contributed by atoms with E-state index in [4.69, 9.17) is 4.74 Å². The molecule has 0 aliphatic carbocycles. The molecule has 5 rings (SSSR count). The van der Waals surface area contributed by atoms with Gasteiger partial charge in [-0.25, -0.2) is 9.36 Å². The molecule has 1 fully saturated rings. The van der Waals surface area contributed by atoms with Gasteiger partial charge in [0.05, 0.1) is 13.2 Å². The summed E-state index contributed by atoms with van der Waals surface area (Å²) < 4.78 is 8.95. The molecular formula is C23H26N6O3. The predicted molar refractivity (Wildman–Crippen MR) is 117 cm³/mol. The van der Waals surface area contributed by atoms with Crippen molar-refractivity contribution in [2.75, 3.05) is 32.7 Å². The predicted octanol–water partition coefficient (Wildman–Crippen LogP) is 0.715. The van der Waals surface area contributed by atoms with E-state index in [1.807, 2.05) is 23.1 Å². The van der Waals surface area contributed by atoms with E-state index in [1.54, 1.807) is 23.1 Å². The first-order chi connectivity index (χ1) is 15.7. The van der Waals surface area contributed by atoms with Crippen LogP contribution in [0, 0.1) is 0 Å². The Bertz CT molecular complexity index is 1130. The van der Waals surface area contributed by atoms with Gasteiger partial charge in [0.2, 0.25) is 0 Å². The summed E-state index contributed by atoms with van der Waals surface area (Å²) in [5.74, 6) is 0.683. The minimum atomic E-state index is -0.399. The average molecular weight is 435 g/mol. The van der Waals surface area contributed by atoms with Crippen LogP contribution in [-0.4, -0.2) is 74.1 Å². The van der Waals surface area contributed by atoms with Crippen LogP contribution in [0.4, 0.5) is 0 Å². The zero-order chi connectivity index (χ0) is 21.9. The van der Waals surface area contributed by atoms with Gasteiger partial charge in [0.15, 0.2) is 5.82 Å². The number of benzene rings is 1. The molecule has 4 heterocycles. The maximum Gasteiger partial charge on any atom is 0.266 e. The van der Waals surface area contributed by atoms with Crippen molar-refractivity contribution in [3.8, 4) is 5.82 Å². The molecule has 1 unspecified atom stereocenters. The number of amides is 1. The molecule has 0 N–H and O–H groups in total. The van der Waals surface area contributed by atoms with Crippen LogP contribution in [0.25, 0.3) is 5.82 Å². The second-order valence-electron chi connectivity index (χ2n) is 8.14. The molecule has 166 valence electrons. The average Bonchev–Trinajstić information content (AvgIpc) is 3.38. The van der Waals surface area contributed by atoms with Crippen molar-refractivity contribution < 1.29 is 9.53 Å². The lowest BCUT2D eigenvalue weighted by Crippen LogP contribution is -2.53. The smallest absolute Gasteiger partial charge is 0.266 e.